The number of hydrogen-bond donors (Lipinski definition) is 0. The lowest BCUT2D eigenvalue weighted by molar-refractivity contribution is -0.117. The van der Waals surface area contributed by atoms with Gasteiger partial charge in [0.1, 0.15) is 5.82 Å². The molecule has 2 fully saturated rings. The lowest BCUT2D eigenvalue weighted by Crippen LogP contribution is -2.37. The van der Waals surface area contributed by atoms with E-state index in [-0.39, 0.29) is 40.9 Å². The highest BCUT2D eigenvalue weighted by Crippen LogP contribution is 2.41. The molecule has 0 aliphatic carbocycles. The van der Waals surface area contributed by atoms with Crippen LogP contribution in [0.25, 0.3) is 0 Å². The maximum Gasteiger partial charge on any atom is 0.252 e. The van der Waals surface area contributed by atoms with Crippen molar-refractivity contribution in [2.75, 3.05) is 34.4 Å². The molecule has 2 aromatic rings. The molecule has 0 unspecified atom stereocenters. The molecule has 2 atom stereocenters. The van der Waals surface area contributed by atoms with Crippen LogP contribution in [0.5, 0.6) is 0 Å². The fourth-order valence-corrected chi connectivity index (χ4v) is 8.13. The molecule has 0 bridgehead atoms. The van der Waals surface area contributed by atoms with Crippen LogP contribution in [-0.2, 0) is 21.1 Å². The molecule has 2 aromatic carbocycles. The van der Waals surface area contributed by atoms with Gasteiger partial charge in [0.05, 0.1) is 24.0 Å². The third-order valence-corrected chi connectivity index (χ3v) is 9.02. The van der Waals surface area contributed by atoms with Crippen molar-refractivity contribution in [1.82, 2.24) is 0 Å². The number of aliphatic imine (C=N–C) groups is 1. The van der Waals surface area contributed by atoms with Crippen molar-refractivity contribution in [1.29, 1.82) is 0 Å². The van der Waals surface area contributed by atoms with Crippen LogP contribution in [0.2, 0.25) is 0 Å². The van der Waals surface area contributed by atoms with Crippen LogP contribution in [0.15, 0.2) is 53.5 Å². The Labute approximate surface area is 192 Å². The number of amides is 1. The van der Waals surface area contributed by atoms with Crippen LogP contribution in [0.3, 0.4) is 0 Å². The van der Waals surface area contributed by atoms with Gasteiger partial charge in [-0.25, -0.2) is 12.8 Å². The van der Waals surface area contributed by atoms with E-state index in [1.54, 1.807) is 12.1 Å². The SMILES string of the molecule is CCN(CC)c1ccc(N2C(=NC(=O)Cc3ccc(F)cc3)S[C@H]3CS(=O)(=O)C[C@H]32)cc1. The lowest BCUT2D eigenvalue weighted by Gasteiger charge is -2.26. The highest BCUT2D eigenvalue weighted by Gasteiger charge is 2.49. The lowest BCUT2D eigenvalue weighted by atomic mass is 10.1. The van der Waals surface area contributed by atoms with Crippen LogP contribution < -0.4 is 9.80 Å². The minimum atomic E-state index is -3.13. The van der Waals surface area contributed by atoms with Gasteiger partial charge in [-0.15, -0.1) is 0 Å². The van der Waals surface area contributed by atoms with E-state index in [4.69, 9.17) is 0 Å². The van der Waals surface area contributed by atoms with Crippen molar-refractivity contribution in [2.24, 2.45) is 4.99 Å². The first-order valence-corrected chi connectivity index (χ1v) is 13.4. The molecule has 9 heteroatoms. The van der Waals surface area contributed by atoms with Gasteiger partial charge in [-0.3, -0.25) is 4.79 Å². The van der Waals surface area contributed by atoms with Gasteiger partial charge in [0, 0.05) is 29.7 Å². The Bertz CT molecular complexity index is 1110. The summed E-state index contributed by atoms with van der Waals surface area (Å²) in [6.07, 6.45) is 0.0622. The van der Waals surface area contributed by atoms with Crippen molar-refractivity contribution in [3.05, 3.63) is 59.9 Å². The quantitative estimate of drug-likeness (QED) is 0.637. The number of hydrogen-bond acceptors (Lipinski definition) is 5. The van der Waals surface area contributed by atoms with Crippen LogP contribution in [0.4, 0.5) is 15.8 Å². The highest BCUT2D eigenvalue weighted by atomic mass is 32.2. The van der Waals surface area contributed by atoms with Crippen molar-refractivity contribution in [2.45, 2.75) is 31.6 Å². The Balaban J connectivity index is 1.62. The summed E-state index contributed by atoms with van der Waals surface area (Å²) < 4.78 is 37.6. The van der Waals surface area contributed by atoms with Gasteiger partial charge in [0.15, 0.2) is 15.0 Å². The fraction of sp³-hybridized carbons (Fsp3) is 0.391. The van der Waals surface area contributed by atoms with Gasteiger partial charge in [0.25, 0.3) is 5.91 Å². The van der Waals surface area contributed by atoms with Crippen LogP contribution >= 0.6 is 11.8 Å². The van der Waals surface area contributed by atoms with Crippen LogP contribution in [-0.4, -0.2) is 55.4 Å². The molecule has 0 spiro atoms. The molecule has 2 saturated heterocycles. The van der Waals surface area contributed by atoms with Crippen LogP contribution in [0, 0.1) is 5.82 Å². The Kier molecular flexibility index (Phi) is 6.57. The van der Waals surface area contributed by atoms with E-state index in [0.717, 1.165) is 24.5 Å². The first kappa shape index (κ1) is 22.8. The van der Waals surface area contributed by atoms with Crippen LogP contribution in [0.1, 0.15) is 19.4 Å². The number of halogens is 1. The molecule has 170 valence electrons. The number of fused-ring (bicyclic) bond motifs is 1. The van der Waals surface area contributed by atoms with E-state index in [1.807, 2.05) is 29.2 Å². The number of amidine groups is 1. The van der Waals surface area contributed by atoms with Crippen molar-refractivity contribution < 1.29 is 17.6 Å². The number of benzene rings is 2. The molecule has 4 rings (SSSR count). The topological polar surface area (TPSA) is 70.0 Å². The molecule has 0 radical (unpaired) electrons. The summed E-state index contributed by atoms with van der Waals surface area (Å²) in [5.74, 6) is -0.561. The number of carbonyl (C=O) groups is 1. The molecule has 6 nitrogen and oxygen atoms in total. The third kappa shape index (κ3) is 4.83. The van der Waals surface area contributed by atoms with E-state index in [9.17, 15) is 17.6 Å². The van der Waals surface area contributed by atoms with Gasteiger partial charge >= 0.3 is 0 Å². The van der Waals surface area contributed by atoms with Crippen molar-refractivity contribution in [3.63, 3.8) is 0 Å². The average molecular weight is 476 g/mol. The maximum atomic E-state index is 13.1. The first-order chi connectivity index (χ1) is 15.3. The first-order valence-electron chi connectivity index (χ1n) is 10.7. The maximum absolute atomic E-state index is 13.1. The average Bonchev–Trinajstić information content (AvgIpc) is 3.22. The predicted molar refractivity (Wildman–Crippen MR) is 129 cm³/mol. The molecule has 0 saturated carbocycles. The molecule has 2 aliphatic heterocycles. The second kappa shape index (κ2) is 9.23. The summed E-state index contributed by atoms with van der Waals surface area (Å²) >= 11 is 1.35. The Morgan fingerprint density at radius 3 is 2.38 bits per heavy atom. The number of sulfone groups is 1. The van der Waals surface area contributed by atoms with E-state index in [0.29, 0.717) is 10.7 Å². The molecule has 32 heavy (non-hydrogen) atoms. The normalized spacial score (nSPS) is 22.8. The Hall–Kier alpha value is -2.39. The predicted octanol–water partition coefficient (Wildman–Crippen LogP) is 3.52. The summed E-state index contributed by atoms with van der Waals surface area (Å²) in [5, 5.41) is 0.373. The molecule has 0 aromatic heterocycles. The smallest absolute Gasteiger partial charge is 0.252 e. The van der Waals surface area contributed by atoms with Gasteiger partial charge < -0.3 is 9.80 Å². The largest absolute Gasteiger partial charge is 0.372 e. The fourth-order valence-electron chi connectivity index (χ4n) is 4.20. The van der Waals surface area contributed by atoms with E-state index in [2.05, 4.69) is 23.7 Å². The monoisotopic (exact) mass is 475 g/mol. The summed E-state index contributed by atoms with van der Waals surface area (Å²) in [6.45, 7) is 5.98. The zero-order valence-corrected chi connectivity index (χ0v) is 19.7. The van der Waals surface area contributed by atoms with Crippen molar-refractivity contribution in [3.8, 4) is 0 Å². The zero-order valence-electron chi connectivity index (χ0n) is 18.1. The second-order valence-corrected chi connectivity index (χ2v) is 11.3. The highest BCUT2D eigenvalue weighted by molar-refractivity contribution is 8.16. The van der Waals surface area contributed by atoms with Gasteiger partial charge in [-0.1, -0.05) is 23.9 Å². The standard InChI is InChI=1S/C23H26FN3O3S2/c1-3-26(4-2)18-9-11-19(12-10-18)27-20-14-32(29,30)15-21(20)31-23(27)25-22(28)13-16-5-7-17(24)8-6-16/h5-12,20-21H,3-4,13-15H2,1-2H3/t20-,21+/m1/s1. The molecule has 1 amide bonds. The van der Waals surface area contributed by atoms with Gasteiger partial charge in [-0.05, 0) is 55.8 Å². The molecular formula is C23H26FN3O3S2. The Morgan fingerprint density at radius 1 is 1.09 bits per heavy atom. The third-order valence-electron chi connectivity index (χ3n) is 5.81. The second-order valence-electron chi connectivity index (χ2n) is 7.95. The molecular weight excluding hydrogens is 449 g/mol. The summed E-state index contributed by atoms with van der Waals surface area (Å²) in [7, 11) is -3.13. The summed E-state index contributed by atoms with van der Waals surface area (Å²) in [6, 6.07) is 13.5. The number of carbonyl (C=O) groups excluding carboxylic acids is 1. The number of anilines is 2. The number of rotatable bonds is 6. The minimum Gasteiger partial charge on any atom is -0.372 e. The number of thioether (sulfide) groups is 1. The van der Waals surface area contributed by atoms with Crippen molar-refractivity contribution >= 4 is 44.0 Å². The van der Waals surface area contributed by atoms with E-state index >= 15 is 0 Å². The molecule has 0 N–H and O–H groups in total. The Morgan fingerprint density at radius 2 is 1.75 bits per heavy atom. The summed E-state index contributed by atoms with van der Waals surface area (Å²) in [4.78, 5) is 21.1. The van der Waals surface area contributed by atoms with Gasteiger partial charge in [-0.2, -0.15) is 4.99 Å². The zero-order chi connectivity index (χ0) is 22.9. The van der Waals surface area contributed by atoms with Gasteiger partial charge in [0.2, 0.25) is 0 Å². The number of nitrogens with zero attached hydrogens (tertiary/aromatic N) is 3. The minimum absolute atomic E-state index is 0.0492. The molecule has 2 aliphatic rings. The van der Waals surface area contributed by atoms with E-state index in [1.165, 1.54) is 23.9 Å². The van der Waals surface area contributed by atoms with E-state index < -0.39 is 9.84 Å². The summed E-state index contributed by atoms with van der Waals surface area (Å²) in [5.41, 5.74) is 2.60. The molecule has 2 heterocycles.